The minimum Gasteiger partial charge on any atom is -0.507 e. The molecule has 2 nitrogen and oxygen atoms in total. The molecule has 0 aromatic heterocycles. The number of nitrogens with zero attached hydrogens (tertiary/aromatic N) is 1. The van der Waals surface area contributed by atoms with Gasteiger partial charge in [0.1, 0.15) is 5.75 Å². The Hall–Kier alpha value is -0.540. The van der Waals surface area contributed by atoms with Crippen LogP contribution in [-0.2, 0) is 6.54 Å². The number of hydrogen-bond acceptors (Lipinski definition) is 2. The van der Waals surface area contributed by atoms with Crippen molar-refractivity contribution >= 4 is 15.9 Å². The molecule has 94 valence electrons. The summed E-state index contributed by atoms with van der Waals surface area (Å²) in [7, 11) is 0. The quantitative estimate of drug-likeness (QED) is 0.901. The maximum atomic E-state index is 9.47. The molecule has 1 fully saturated rings. The maximum absolute atomic E-state index is 9.47. The number of likely N-dealkylation sites (tertiary alicyclic amines) is 1. The van der Waals surface area contributed by atoms with Gasteiger partial charge in [0.05, 0.1) is 4.47 Å². The number of aromatic hydroxyl groups is 1. The number of phenols is 1. The molecule has 2 atom stereocenters. The molecule has 0 spiro atoms. The third-order valence-electron chi connectivity index (χ3n) is 3.84. The van der Waals surface area contributed by atoms with Crippen LogP contribution >= 0.6 is 15.9 Å². The minimum atomic E-state index is 0.314. The summed E-state index contributed by atoms with van der Waals surface area (Å²) in [5.74, 6) is 1.94. The zero-order valence-electron chi connectivity index (χ0n) is 10.5. The van der Waals surface area contributed by atoms with E-state index in [4.69, 9.17) is 0 Å². The first kappa shape index (κ1) is 12.9. The van der Waals surface area contributed by atoms with Crippen molar-refractivity contribution in [3.8, 4) is 5.75 Å². The van der Waals surface area contributed by atoms with Gasteiger partial charge < -0.3 is 5.11 Å². The van der Waals surface area contributed by atoms with Gasteiger partial charge in [0.2, 0.25) is 0 Å². The summed E-state index contributed by atoms with van der Waals surface area (Å²) in [6.07, 6.45) is 1.29. The normalized spacial score (nSPS) is 26.1. The van der Waals surface area contributed by atoms with E-state index in [1.165, 1.54) is 25.1 Å². The SMILES string of the molecule is CC1CCN(Cc2ccc(O)c(Br)c2)CC1C. The highest BCUT2D eigenvalue weighted by atomic mass is 79.9. The Labute approximate surface area is 112 Å². The van der Waals surface area contributed by atoms with Crippen molar-refractivity contribution in [3.63, 3.8) is 0 Å². The number of hydrogen-bond donors (Lipinski definition) is 1. The van der Waals surface area contributed by atoms with E-state index >= 15 is 0 Å². The van der Waals surface area contributed by atoms with Gasteiger partial charge in [-0.25, -0.2) is 0 Å². The third-order valence-corrected chi connectivity index (χ3v) is 4.47. The molecule has 1 saturated heterocycles. The standard InChI is InChI=1S/C14H20BrNO/c1-10-5-6-16(8-11(10)2)9-12-3-4-14(17)13(15)7-12/h3-4,7,10-11,17H,5-6,8-9H2,1-2H3. The van der Waals surface area contributed by atoms with Crippen LogP contribution in [0.5, 0.6) is 5.75 Å². The fraction of sp³-hybridized carbons (Fsp3) is 0.571. The maximum Gasteiger partial charge on any atom is 0.129 e. The molecule has 0 bridgehead atoms. The summed E-state index contributed by atoms with van der Waals surface area (Å²) in [6.45, 7) is 8.03. The molecule has 0 aliphatic carbocycles. The third kappa shape index (κ3) is 3.23. The molecule has 1 aliphatic rings. The molecule has 0 radical (unpaired) electrons. The molecule has 1 N–H and O–H groups in total. The van der Waals surface area contributed by atoms with Gasteiger partial charge in [0, 0.05) is 13.1 Å². The van der Waals surface area contributed by atoms with Gasteiger partial charge in [0.15, 0.2) is 0 Å². The Morgan fingerprint density at radius 2 is 2.12 bits per heavy atom. The fourth-order valence-electron chi connectivity index (χ4n) is 2.40. The van der Waals surface area contributed by atoms with Gasteiger partial charge in [-0.2, -0.15) is 0 Å². The van der Waals surface area contributed by atoms with Crippen LogP contribution in [0.25, 0.3) is 0 Å². The molecule has 3 heteroatoms. The van der Waals surface area contributed by atoms with Crippen molar-refractivity contribution in [3.05, 3.63) is 28.2 Å². The smallest absolute Gasteiger partial charge is 0.129 e. The van der Waals surface area contributed by atoms with Crippen molar-refractivity contribution in [1.82, 2.24) is 4.90 Å². The van der Waals surface area contributed by atoms with Gasteiger partial charge in [-0.15, -0.1) is 0 Å². The first-order chi connectivity index (χ1) is 8.06. The second-order valence-electron chi connectivity index (χ2n) is 5.26. The van der Waals surface area contributed by atoms with E-state index in [1.807, 2.05) is 12.1 Å². The second kappa shape index (κ2) is 5.40. The van der Waals surface area contributed by atoms with E-state index in [9.17, 15) is 5.11 Å². The highest BCUT2D eigenvalue weighted by Gasteiger charge is 2.22. The Balaban J connectivity index is 1.99. The van der Waals surface area contributed by atoms with Crippen molar-refractivity contribution in [2.24, 2.45) is 11.8 Å². The predicted molar refractivity (Wildman–Crippen MR) is 74.0 cm³/mol. The molecule has 1 aromatic rings. The van der Waals surface area contributed by atoms with Crippen LogP contribution in [0.2, 0.25) is 0 Å². The number of phenolic OH excluding ortho intramolecular Hbond substituents is 1. The van der Waals surface area contributed by atoms with E-state index in [-0.39, 0.29) is 0 Å². The largest absolute Gasteiger partial charge is 0.507 e. The van der Waals surface area contributed by atoms with Crippen LogP contribution in [0.15, 0.2) is 22.7 Å². The molecule has 0 saturated carbocycles. The van der Waals surface area contributed by atoms with Gasteiger partial charge >= 0.3 is 0 Å². The van der Waals surface area contributed by atoms with E-state index in [1.54, 1.807) is 6.07 Å². The van der Waals surface area contributed by atoms with Crippen LogP contribution in [0, 0.1) is 11.8 Å². The Morgan fingerprint density at radius 1 is 1.35 bits per heavy atom. The average Bonchev–Trinajstić information content (AvgIpc) is 2.29. The molecular weight excluding hydrogens is 278 g/mol. The summed E-state index contributed by atoms with van der Waals surface area (Å²) in [6, 6.07) is 5.77. The van der Waals surface area contributed by atoms with Gasteiger partial charge in [-0.05, 0) is 58.4 Å². The van der Waals surface area contributed by atoms with Crippen molar-refractivity contribution in [2.75, 3.05) is 13.1 Å². The van der Waals surface area contributed by atoms with Crippen LogP contribution in [0.4, 0.5) is 0 Å². The summed E-state index contributed by atoms with van der Waals surface area (Å²) in [5, 5.41) is 9.47. The molecule has 17 heavy (non-hydrogen) atoms. The highest BCUT2D eigenvalue weighted by Crippen LogP contribution is 2.27. The molecule has 1 aliphatic heterocycles. The Morgan fingerprint density at radius 3 is 2.76 bits per heavy atom. The molecule has 1 aromatic carbocycles. The number of rotatable bonds is 2. The Kier molecular flexibility index (Phi) is 4.10. The van der Waals surface area contributed by atoms with Gasteiger partial charge in [0.25, 0.3) is 0 Å². The Bertz CT molecular complexity index is 394. The number of benzene rings is 1. The van der Waals surface area contributed by atoms with Gasteiger partial charge in [-0.1, -0.05) is 19.9 Å². The van der Waals surface area contributed by atoms with Crippen molar-refractivity contribution in [1.29, 1.82) is 0 Å². The molecule has 1 heterocycles. The fourth-order valence-corrected chi connectivity index (χ4v) is 2.83. The monoisotopic (exact) mass is 297 g/mol. The summed E-state index contributed by atoms with van der Waals surface area (Å²) < 4.78 is 0.786. The van der Waals surface area contributed by atoms with Crippen LogP contribution in [0.1, 0.15) is 25.8 Å². The lowest BCUT2D eigenvalue weighted by molar-refractivity contribution is 0.132. The molecular formula is C14H20BrNO. The summed E-state index contributed by atoms with van der Waals surface area (Å²) in [5.41, 5.74) is 1.26. The molecule has 0 amide bonds. The highest BCUT2D eigenvalue weighted by molar-refractivity contribution is 9.10. The zero-order valence-corrected chi connectivity index (χ0v) is 12.1. The van der Waals surface area contributed by atoms with Crippen LogP contribution in [-0.4, -0.2) is 23.1 Å². The topological polar surface area (TPSA) is 23.5 Å². The van der Waals surface area contributed by atoms with E-state index in [0.29, 0.717) is 5.75 Å². The summed E-state index contributed by atoms with van der Waals surface area (Å²) >= 11 is 3.36. The lowest BCUT2D eigenvalue weighted by Gasteiger charge is -2.35. The van der Waals surface area contributed by atoms with Gasteiger partial charge in [-0.3, -0.25) is 4.90 Å². The lowest BCUT2D eigenvalue weighted by atomic mass is 9.88. The first-order valence-corrected chi connectivity index (χ1v) is 7.05. The predicted octanol–water partition coefficient (Wildman–Crippen LogP) is 3.63. The zero-order chi connectivity index (χ0) is 12.4. The van der Waals surface area contributed by atoms with E-state index in [2.05, 4.69) is 34.7 Å². The molecule has 2 unspecified atom stereocenters. The van der Waals surface area contributed by atoms with Crippen LogP contribution < -0.4 is 0 Å². The molecule has 2 rings (SSSR count). The lowest BCUT2D eigenvalue weighted by Crippen LogP contribution is -2.37. The van der Waals surface area contributed by atoms with E-state index in [0.717, 1.165) is 22.9 Å². The first-order valence-electron chi connectivity index (χ1n) is 6.26. The van der Waals surface area contributed by atoms with Crippen molar-refractivity contribution in [2.45, 2.75) is 26.8 Å². The summed E-state index contributed by atoms with van der Waals surface area (Å²) in [4.78, 5) is 2.50. The average molecular weight is 298 g/mol. The van der Waals surface area contributed by atoms with Crippen molar-refractivity contribution < 1.29 is 5.11 Å². The van der Waals surface area contributed by atoms with Crippen LogP contribution in [0.3, 0.4) is 0 Å². The van der Waals surface area contributed by atoms with E-state index < -0.39 is 0 Å². The number of halogens is 1. The minimum absolute atomic E-state index is 0.314. The number of piperidine rings is 1. The second-order valence-corrected chi connectivity index (χ2v) is 6.12.